The second-order valence-corrected chi connectivity index (χ2v) is 9.15. The Morgan fingerprint density at radius 3 is 2.33 bits per heavy atom. The summed E-state index contributed by atoms with van der Waals surface area (Å²) < 4.78 is 0.170. The smallest absolute Gasteiger partial charge is 0.0854 e. The van der Waals surface area contributed by atoms with Crippen LogP contribution < -0.4 is 0 Å². The van der Waals surface area contributed by atoms with E-state index in [1.807, 2.05) is 0 Å². The van der Waals surface area contributed by atoms with Gasteiger partial charge in [-0.3, -0.25) is 4.99 Å². The van der Waals surface area contributed by atoms with Crippen LogP contribution in [0.1, 0.15) is 53.9 Å². The number of nitrogens with zero attached hydrogens (tertiary/aromatic N) is 1. The summed E-state index contributed by atoms with van der Waals surface area (Å²) in [5.74, 6) is 2.92. The third-order valence-corrected chi connectivity index (χ3v) is 6.98. The van der Waals surface area contributed by atoms with Gasteiger partial charge in [-0.25, -0.2) is 0 Å². The van der Waals surface area contributed by atoms with E-state index in [9.17, 15) is 0 Å². The van der Waals surface area contributed by atoms with Crippen LogP contribution in [0.15, 0.2) is 29.3 Å². The first-order chi connectivity index (χ1) is 9.75. The van der Waals surface area contributed by atoms with E-state index in [-0.39, 0.29) is 9.46 Å². The molecule has 0 saturated carbocycles. The molecule has 0 aromatic heterocycles. The summed E-state index contributed by atoms with van der Waals surface area (Å²) in [4.78, 5) is 4.27. The van der Waals surface area contributed by atoms with Crippen molar-refractivity contribution >= 4 is 29.3 Å². The monoisotopic (exact) mass is 401 g/mol. The summed E-state index contributed by atoms with van der Waals surface area (Å²) in [5.41, 5.74) is 1.30. The van der Waals surface area contributed by atoms with Crippen LogP contribution >= 0.6 is 22.6 Å². The Bertz CT molecular complexity index is 400. The van der Waals surface area contributed by atoms with Crippen LogP contribution in [0.2, 0.25) is 0 Å². The van der Waals surface area contributed by atoms with Crippen molar-refractivity contribution in [3.63, 3.8) is 0 Å². The molecular formula is C19H32IN. The van der Waals surface area contributed by atoms with Crippen LogP contribution in [0.4, 0.5) is 0 Å². The molecule has 0 amide bonds. The lowest BCUT2D eigenvalue weighted by molar-refractivity contribution is 0.180. The molecule has 0 aromatic carbocycles. The molecule has 1 rings (SSSR count). The number of alkyl halides is 1. The molecule has 6 atom stereocenters. The molecule has 0 heterocycles. The molecule has 120 valence electrons. The molecule has 0 aromatic rings. The summed E-state index contributed by atoms with van der Waals surface area (Å²) in [7, 11) is 0. The largest absolute Gasteiger partial charge is 0.292 e. The van der Waals surface area contributed by atoms with Crippen LogP contribution in [-0.2, 0) is 0 Å². The molecule has 0 radical (unpaired) electrons. The van der Waals surface area contributed by atoms with Gasteiger partial charge in [0, 0.05) is 0 Å². The molecule has 4 unspecified atom stereocenters. The van der Waals surface area contributed by atoms with Crippen molar-refractivity contribution in [2.24, 2.45) is 28.7 Å². The van der Waals surface area contributed by atoms with E-state index in [0.717, 1.165) is 18.3 Å². The fraction of sp³-hybridized carbons (Fsp3) is 0.737. The van der Waals surface area contributed by atoms with E-state index in [4.69, 9.17) is 0 Å². The Balaban J connectivity index is 2.83. The maximum atomic E-state index is 4.27. The molecule has 0 saturated heterocycles. The van der Waals surface area contributed by atoms with Crippen LogP contribution in [0.5, 0.6) is 0 Å². The van der Waals surface area contributed by atoms with Gasteiger partial charge in [-0.15, -0.1) is 6.58 Å². The predicted molar refractivity (Wildman–Crippen MR) is 105 cm³/mol. The fourth-order valence-electron chi connectivity index (χ4n) is 3.41. The van der Waals surface area contributed by atoms with Crippen molar-refractivity contribution in [2.75, 3.05) is 0 Å². The zero-order valence-electron chi connectivity index (χ0n) is 14.4. The summed E-state index contributed by atoms with van der Waals surface area (Å²) in [6.45, 7) is 19.6. The molecule has 0 aliphatic heterocycles. The number of allylic oxidation sites excluding steroid dienone is 1. The third kappa shape index (κ3) is 4.67. The van der Waals surface area contributed by atoms with E-state index in [1.54, 1.807) is 0 Å². The van der Waals surface area contributed by atoms with E-state index < -0.39 is 0 Å². The highest BCUT2D eigenvalue weighted by Gasteiger charge is 2.42. The molecule has 2 heteroatoms. The van der Waals surface area contributed by atoms with Crippen molar-refractivity contribution in [1.82, 2.24) is 0 Å². The summed E-state index contributed by atoms with van der Waals surface area (Å²) >= 11 is 2.58. The quantitative estimate of drug-likeness (QED) is 0.192. The van der Waals surface area contributed by atoms with Gasteiger partial charge in [-0.1, -0.05) is 74.4 Å². The fourth-order valence-corrected chi connectivity index (χ4v) is 4.58. The van der Waals surface area contributed by atoms with Gasteiger partial charge in [0.15, 0.2) is 0 Å². The van der Waals surface area contributed by atoms with Crippen molar-refractivity contribution < 1.29 is 0 Å². The molecule has 0 N–H and O–H groups in total. The van der Waals surface area contributed by atoms with Crippen LogP contribution in [-0.4, -0.2) is 16.2 Å². The van der Waals surface area contributed by atoms with Gasteiger partial charge >= 0.3 is 0 Å². The number of halogens is 1. The van der Waals surface area contributed by atoms with Crippen LogP contribution in [0.25, 0.3) is 0 Å². The Kier molecular flexibility index (Phi) is 7.15. The van der Waals surface area contributed by atoms with Gasteiger partial charge in [-0.05, 0) is 50.2 Å². The number of rotatable bonds is 9. The molecule has 0 spiro atoms. The van der Waals surface area contributed by atoms with E-state index >= 15 is 0 Å². The van der Waals surface area contributed by atoms with Crippen molar-refractivity contribution in [2.45, 2.75) is 63.3 Å². The Morgan fingerprint density at radius 1 is 1.33 bits per heavy atom. The highest BCUT2D eigenvalue weighted by Crippen LogP contribution is 2.45. The van der Waals surface area contributed by atoms with Gasteiger partial charge in [0.2, 0.25) is 0 Å². The van der Waals surface area contributed by atoms with Gasteiger partial charge < -0.3 is 0 Å². The van der Waals surface area contributed by atoms with Crippen molar-refractivity contribution in [1.29, 1.82) is 0 Å². The first kappa shape index (κ1) is 18.9. The van der Waals surface area contributed by atoms with Crippen molar-refractivity contribution in [3.8, 4) is 0 Å². The van der Waals surface area contributed by atoms with E-state index in [0.29, 0.717) is 11.8 Å². The number of hydrogen-bond donors (Lipinski definition) is 0. The lowest BCUT2D eigenvalue weighted by atomic mass is 9.69. The second-order valence-electron chi connectivity index (χ2n) is 7.14. The first-order valence-electron chi connectivity index (χ1n) is 8.23. The van der Waals surface area contributed by atoms with Gasteiger partial charge in [-0.2, -0.15) is 0 Å². The SMILES string of the molecule is C=NC1C=CC1(I)CC(CC(=C)C)[C@@H](C)[C@@H](C)C(C)CC. The molecule has 1 aliphatic rings. The van der Waals surface area contributed by atoms with Crippen LogP contribution in [0.3, 0.4) is 0 Å². The normalized spacial score (nSPS) is 30.1. The number of hydrogen-bond acceptors (Lipinski definition) is 1. The van der Waals surface area contributed by atoms with Crippen molar-refractivity contribution in [3.05, 3.63) is 24.3 Å². The summed E-state index contributed by atoms with van der Waals surface area (Å²) in [6.07, 6.45) is 8.07. The Hall–Kier alpha value is -0.120. The Morgan fingerprint density at radius 2 is 1.95 bits per heavy atom. The molecular weight excluding hydrogens is 369 g/mol. The number of aliphatic imine (C=N–C) groups is 1. The average molecular weight is 401 g/mol. The molecule has 0 bridgehead atoms. The average Bonchev–Trinajstić information content (AvgIpc) is 2.42. The molecule has 21 heavy (non-hydrogen) atoms. The van der Waals surface area contributed by atoms with Crippen LogP contribution in [0, 0.1) is 23.7 Å². The van der Waals surface area contributed by atoms with Gasteiger partial charge in [0.25, 0.3) is 0 Å². The van der Waals surface area contributed by atoms with Gasteiger partial charge in [0.1, 0.15) is 0 Å². The second kappa shape index (κ2) is 7.94. The molecule has 1 nitrogen and oxygen atoms in total. The van der Waals surface area contributed by atoms with E-state index in [2.05, 4.69) is 87.7 Å². The molecule has 1 aliphatic carbocycles. The topological polar surface area (TPSA) is 12.4 Å². The standard InChI is InChI=1S/C19H32IN/c1-8-14(4)15(5)16(6)17(11-13(2)3)12-19(20)10-9-18(19)21-7/h9-10,14-18H,2,7-8,11-12H2,1,3-6H3/t14?,15-,16-,17?,18?,19?/m0/s1. The first-order valence-corrected chi connectivity index (χ1v) is 9.31. The van der Waals surface area contributed by atoms with Gasteiger partial charge in [0.05, 0.1) is 9.46 Å². The summed E-state index contributed by atoms with van der Waals surface area (Å²) in [6, 6.07) is 0.289. The minimum Gasteiger partial charge on any atom is -0.292 e. The zero-order chi connectivity index (χ0) is 16.2. The highest BCUT2D eigenvalue weighted by molar-refractivity contribution is 14.1. The maximum absolute atomic E-state index is 4.27. The lowest BCUT2D eigenvalue weighted by Crippen LogP contribution is -2.42. The summed E-state index contributed by atoms with van der Waals surface area (Å²) in [5, 5.41) is 0. The maximum Gasteiger partial charge on any atom is 0.0854 e. The Labute approximate surface area is 145 Å². The minimum atomic E-state index is 0.170. The lowest BCUT2D eigenvalue weighted by Gasteiger charge is -2.42. The zero-order valence-corrected chi connectivity index (χ0v) is 16.6. The highest BCUT2D eigenvalue weighted by atomic mass is 127. The van der Waals surface area contributed by atoms with E-state index in [1.165, 1.54) is 18.4 Å². The molecule has 0 fully saturated rings. The predicted octanol–water partition coefficient (Wildman–Crippen LogP) is 6.09. The minimum absolute atomic E-state index is 0.170. The third-order valence-electron chi connectivity index (χ3n) is 5.54.